The number of benzene rings is 1. The van der Waals surface area contributed by atoms with Crippen molar-refractivity contribution in [3.05, 3.63) is 42.0 Å². The first kappa shape index (κ1) is 17.2. The molecule has 0 radical (unpaired) electrons. The number of rotatable bonds is 9. The molecule has 112 valence electrons. The van der Waals surface area contributed by atoms with Gasteiger partial charge in [0, 0.05) is 0 Å². The molecule has 0 aliphatic heterocycles. The zero-order valence-electron chi connectivity index (χ0n) is 13.9. The Hall–Kier alpha value is -0.823. The Balaban J connectivity index is 3.07. The Morgan fingerprint density at radius 3 is 2.00 bits per heavy atom. The third-order valence-corrected chi connectivity index (χ3v) is 10.5. The van der Waals surface area contributed by atoms with E-state index in [1.54, 1.807) is 5.20 Å². The zero-order chi connectivity index (χ0) is 14.8. The Morgan fingerprint density at radius 2 is 1.50 bits per heavy atom. The van der Waals surface area contributed by atoms with Gasteiger partial charge >= 0.3 is 0 Å². The Bertz CT molecular complexity index is 379. The molecule has 1 heteroatoms. The molecule has 0 aliphatic carbocycles. The van der Waals surface area contributed by atoms with E-state index in [4.69, 9.17) is 0 Å². The van der Waals surface area contributed by atoms with E-state index in [1.807, 2.05) is 0 Å². The van der Waals surface area contributed by atoms with Gasteiger partial charge in [-0.05, 0) is 18.4 Å². The van der Waals surface area contributed by atoms with E-state index in [2.05, 4.69) is 64.1 Å². The van der Waals surface area contributed by atoms with Crippen molar-refractivity contribution in [2.75, 3.05) is 0 Å². The Morgan fingerprint density at radius 1 is 0.900 bits per heavy atom. The lowest BCUT2D eigenvalue weighted by Crippen LogP contribution is -2.33. The first-order chi connectivity index (χ1) is 9.74. The molecule has 0 atom stereocenters. The summed E-state index contributed by atoms with van der Waals surface area (Å²) in [7, 11) is -1.29. The SMILES string of the molecule is CCCCC/C=C(\c1ccccc1)[Si](CC)(CC)CC. The Kier molecular flexibility index (Phi) is 7.90. The van der Waals surface area contributed by atoms with Crippen molar-refractivity contribution in [2.45, 2.75) is 71.5 Å². The van der Waals surface area contributed by atoms with Crippen LogP contribution in [0.4, 0.5) is 0 Å². The van der Waals surface area contributed by atoms with E-state index in [0.29, 0.717) is 0 Å². The maximum Gasteiger partial charge on any atom is 0.0862 e. The molecule has 1 aromatic rings. The molecule has 20 heavy (non-hydrogen) atoms. The standard InChI is InChI=1S/C19H32Si/c1-5-9-10-14-17-19(18-15-12-11-13-16-18)20(6-2,7-3)8-4/h11-13,15-17H,5-10,14H2,1-4H3/b19-17+. The molecule has 0 bridgehead atoms. The fourth-order valence-electron chi connectivity index (χ4n) is 3.22. The maximum absolute atomic E-state index is 2.59. The lowest BCUT2D eigenvalue weighted by molar-refractivity contribution is 0.730. The normalized spacial score (nSPS) is 12.7. The van der Waals surface area contributed by atoms with Crippen molar-refractivity contribution >= 4 is 13.3 Å². The van der Waals surface area contributed by atoms with Crippen LogP contribution < -0.4 is 0 Å². The summed E-state index contributed by atoms with van der Waals surface area (Å²) in [6, 6.07) is 15.2. The molecule has 0 fully saturated rings. The third kappa shape index (κ3) is 4.34. The van der Waals surface area contributed by atoms with E-state index in [9.17, 15) is 0 Å². The minimum atomic E-state index is -1.29. The molecule has 0 heterocycles. The van der Waals surface area contributed by atoms with Gasteiger partial charge in [0.15, 0.2) is 0 Å². The van der Waals surface area contributed by atoms with Gasteiger partial charge in [0.1, 0.15) is 0 Å². The van der Waals surface area contributed by atoms with Crippen LogP contribution in [0.25, 0.3) is 5.20 Å². The van der Waals surface area contributed by atoms with Crippen molar-refractivity contribution in [2.24, 2.45) is 0 Å². The quantitative estimate of drug-likeness (QED) is 0.350. The summed E-state index contributed by atoms with van der Waals surface area (Å²) in [5, 5.41) is 1.72. The van der Waals surface area contributed by atoms with Crippen LogP contribution >= 0.6 is 0 Å². The molecule has 1 rings (SSSR count). The average molecular weight is 289 g/mol. The summed E-state index contributed by atoms with van der Waals surface area (Å²) in [5.41, 5.74) is 1.49. The molecule has 0 spiro atoms. The van der Waals surface area contributed by atoms with Crippen molar-refractivity contribution in [3.63, 3.8) is 0 Å². The molecule has 0 unspecified atom stereocenters. The number of hydrogen-bond acceptors (Lipinski definition) is 0. The van der Waals surface area contributed by atoms with Gasteiger partial charge in [-0.2, -0.15) is 0 Å². The molecule has 1 aromatic carbocycles. The monoisotopic (exact) mass is 288 g/mol. The highest BCUT2D eigenvalue weighted by molar-refractivity contribution is 6.96. The van der Waals surface area contributed by atoms with E-state index in [0.717, 1.165) is 0 Å². The average Bonchev–Trinajstić information content (AvgIpc) is 2.52. The lowest BCUT2D eigenvalue weighted by atomic mass is 10.1. The van der Waals surface area contributed by atoms with Crippen molar-refractivity contribution in [3.8, 4) is 0 Å². The second kappa shape index (κ2) is 9.18. The summed E-state index contributed by atoms with van der Waals surface area (Å²) in [4.78, 5) is 0. The molecule has 0 saturated heterocycles. The third-order valence-electron chi connectivity index (χ3n) is 4.84. The molecular weight excluding hydrogens is 256 g/mol. The number of allylic oxidation sites excluding steroid dienone is 1. The van der Waals surface area contributed by atoms with Gasteiger partial charge in [-0.25, -0.2) is 0 Å². The van der Waals surface area contributed by atoms with Gasteiger partial charge in [-0.1, -0.05) is 100 Å². The largest absolute Gasteiger partial charge is 0.0862 e. The fraction of sp³-hybridized carbons (Fsp3) is 0.579. The van der Waals surface area contributed by atoms with Gasteiger partial charge < -0.3 is 0 Å². The van der Waals surface area contributed by atoms with Crippen LogP contribution in [-0.2, 0) is 0 Å². The van der Waals surface area contributed by atoms with Crippen molar-refractivity contribution in [1.82, 2.24) is 0 Å². The van der Waals surface area contributed by atoms with Gasteiger partial charge in [0.05, 0.1) is 8.07 Å². The molecular formula is C19H32Si. The van der Waals surface area contributed by atoms with Crippen LogP contribution in [-0.4, -0.2) is 8.07 Å². The number of hydrogen-bond donors (Lipinski definition) is 0. The molecule has 0 aromatic heterocycles. The van der Waals surface area contributed by atoms with E-state index >= 15 is 0 Å². The van der Waals surface area contributed by atoms with Crippen molar-refractivity contribution < 1.29 is 0 Å². The van der Waals surface area contributed by atoms with Gasteiger partial charge in [-0.3, -0.25) is 0 Å². The second-order valence-electron chi connectivity index (χ2n) is 5.82. The van der Waals surface area contributed by atoms with Gasteiger partial charge in [-0.15, -0.1) is 0 Å². The predicted octanol–water partition coefficient (Wildman–Crippen LogP) is 6.70. The summed E-state index contributed by atoms with van der Waals surface area (Å²) in [6.07, 6.45) is 7.86. The second-order valence-corrected chi connectivity index (χ2v) is 11.0. The summed E-state index contributed by atoms with van der Waals surface area (Å²) >= 11 is 0. The first-order valence-corrected chi connectivity index (χ1v) is 11.1. The van der Waals surface area contributed by atoms with Crippen LogP contribution in [0.3, 0.4) is 0 Å². The van der Waals surface area contributed by atoms with E-state index < -0.39 is 8.07 Å². The fourth-order valence-corrected chi connectivity index (χ4v) is 7.22. The van der Waals surface area contributed by atoms with E-state index in [-0.39, 0.29) is 0 Å². The first-order valence-electron chi connectivity index (χ1n) is 8.50. The highest BCUT2D eigenvalue weighted by Gasteiger charge is 2.31. The van der Waals surface area contributed by atoms with Gasteiger partial charge in [0.2, 0.25) is 0 Å². The van der Waals surface area contributed by atoms with Crippen LogP contribution in [0.15, 0.2) is 36.4 Å². The molecule has 0 nitrogen and oxygen atoms in total. The topological polar surface area (TPSA) is 0 Å². The van der Waals surface area contributed by atoms with Crippen LogP contribution in [0.1, 0.15) is 58.9 Å². The smallest absolute Gasteiger partial charge is 0.0847 e. The molecule has 0 N–H and O–H groups in total. The van der Waals surface area contributed by atoms with Crippen LogP contribution in [0, 0.1) is 0 Å². The van der Waals surface area contributed by atoms with Gasteiger partial charge in [0.25, 0.3) is 0 Å². The summed E-state index contributed by atoms with van der Waals surface area (Å²) in [5.74, 6) is 0. The van der Waals surface area contributed by atoms with E-state index in [1.165, 1.54) is 49.4 Å². The molecule has 0 amide bonds. The Labute approximate surface area is 127 Å². The highest BCUT2D eigenvalue weighted by Crippen LogP contribution is 2.35. The summed E-state index contributed by atoms with van der Waals surface area (Å²) < 4.78 is 0. The maximum atomic E-state index is 2.59. The van der Waals surface area contributed by atoms with Crippen molar-refractivity contribution in [1.29, 1.82) is 0 Å². The van der Waals surface area contributed by atoms with Crippen LogP contribution in [0.5, 0.6) is 0 Å². The predicted molar refractivity (Wildman–Crippen MR) is 95.8 cm³/mol. The summed E-state index contributed by atoms with van der Waals surface area (Å²) in [6.45, 7) is 9.50. The molecule has 0 saturated carbocycles. The zero-order valence-corrected chi connectivity index (χ0v) is 14.9. The number of unbranched alkanes of at least 4 members (excludes halogenated alkanes) is 3. The minimum absolute atomic E-state index is 1.26. The molecule has 0 aliphatic rings. The van der Waals surface area contributed by atoms with Crippen LogP contribution in [0.2, 0.25) is 18.1 Å². The minimum Gasteiger partial charge on any atom is -0.0847 e. The lowest BCUT2D eigenvalue weighted by Gasteiger charge is -2.32. The highest BCUT2D eigenvalue weighted by atomic mass is 28.3.